The lowest BCUT2D eigenvalue weighted by Gasteiger charge is -2.11. The van der Waals surface area contributed by atoms with E-state index in [1.807, 2.05) is 31.2 Å². The van der Waals surface area contributed by atoms with Gasteiger partial charge in [-0.1, -0.05) is 29.8 Å². The predicted octanol–water partition coefficient (Wildman–Crippen LogP) is 7.07. The van der Waals surface area contributed by atoms with Gasteiger partial charge in [-0.15, -0.1) is 0 Å². The Hall–Kier alpha value is -3.14. The monoisotopic (exact) mass is 495 g/mol. The molecule has 0 aliphatic rings. The molecule has 1 N–H and O–H groups in total. The number of benzene rings is 3. The number of nitriles is 1. The summed E-state index contributed by atoms with van der Waals surface area (Å²) in [4.78, 5) is 7.70. The molecule has 31 heavy (non-hydrogen) atoms. The van der Waals surface area contributed by atoms with Crippen molar-refractivity contribution in [2.75, 3.05) is 0 Å². The van der Waals surface area contributed by atoms with Gasteiger partial charge in [-0.2, -0.15) is 5.26 Å². The van der Waals surface area contributed by atoms with Crippen LogP contribution in [0.15, 0.2) is 59.1 Å². The highest BCUT2D eigenvalue weighted by molar-refractivity contribution is 9.10. The quantitative estimate of drug-likeness (QED) is 0.301. The fourth-order valence-corrected chi connectivity index (χ4v) is 4.10. The summed E-state index contributed by atoms with van der Waals surface area (Å²) < 4.78 is 19.5. The lowest BCUT2D eigenvalue weighted by Crippen LogP contribution is -1.97. The van der Waals surface area contributed by atoms with Crippen molar-refractivity contribution in [3.8, 4) is 11.8 Å². The smallest absolute Gasteiger partial charge is 0.152 e. The van der Waals surface area contributed by atoms with Crippen molar-refractivity contribution in [1.82, 2.24) is 9.97 Å². The molecule has 0 aliphatic carbocycles. The SMILES string of the molecule is Cc1ccc2nc(C(C#N)=Cc3cc(Cl)c(OCc4ccc(F)cc4)c(Br)c3)[nH]c2c1. The average molecular weight is 497 g/mol. The number of ether oxygens (including phenoxy) is 1. The first-order chi connectivity index (χ1) is 14.9. The molecule has 1 aromatic heterocycles. The zero-order valence-electron chi connectivity index (χ0n) is 16.4. The molecule has 0 amide bonds. The summed E-state index contributed by atoms with van der Waals surface area (Å²) in [6.45, 7) is 2.25. The van der Waals surface area contributed by atoms with Crippen molar-refractivity contribution in [1.29, 1.82) is 5.26 Å². The number of nitrogens with one attached hydrogen (secondary N) is 1. The van der Waals surface area contributed by atoms with Crippen molar-refractivity contribution in [3.63, 3.8) is 0 Å². The molecule has 1 heterocycles. The van der Waals surface area contributed by atoms with Gasteiger partial charge in [0, 0.05) is 0 Å². The van der Waals surface area contributed by atoms with Crippen LogP contribution in [0.2, 0.25) is 5.02 Å². The van der Waals surface area contributed by atoms with Crippen LogP contribution >= 0.6 is 27.5 Å². The van der Waals surface area contributed by atoms with Crippen LogP contribution in [-0.4, -0.2) is 9.97 Å². The van der Waals surface area contributed by atoms with Crippen molar-refractivity contribution in [2.45, 2.75) is 13.5 Å². The number of aromatic amines is 1. The van der Waals surface area contributed by atoms with E-state index in [1.54, 1.807) is 24.3 Å². The van der Waals surface area contributed by atoms with E-state index in [0.29, 0.717) is 26.6 Å². The van der Waals surface area contributed by atoms with E-state index in [1.165, 1.54) is 12.1 Å². The van der Waals surface area contributed by atoms with Crippen LogP contribution in [0.5, 0.6) is 5.75 Å². The van der Waals surface area contributed by atoms with Crippen LogP contribution in [0, 0.1) is 24.1 Å². The Morgan fingerprint density at radius 1 is 1.23 bits per heavy atom. The first-order valence-electron chi connectivity index (χ1n) is 9.38. The largest absolute Gasteiger partial charge is 0.486 e. The number of aromatic nitrogens is 2. The standard InChI is InChI=1S/C24H16BrClFN3O/c1-14-2-7-21-22(8-14)30-24(29-21)17(12-28)9-16-10-19(25)23(20(26)11-16)31-13-15-3-5-18(27)6-4-15/h2-11H,13H2,1H3,(H,29,30). The van der Waals surface area contributed by atoms with Gasteiger partial charge in [0.2, 0.25) is 0 Å². The number of nitrogens with zero attached hydrogens (tertiary/aromatic N) is 2. The maximum atomic E-state index is 13.1. The maximum absolute atomic E-state index is 13.1. The van der Waals surface area contributed by atoms with E-state index in [-0.39, 0.29) is 12.4 Å². The van der Waals surface area contributed by atoms with Crippen LogP contribution in [0.1, 0.15) is 22.5 Å². The van der Waals surface area contributed by atoms with Crippen LogP contribution < -0.4 is 4.74 Å². The summed E-state index contributed by atoms with van der Waals surface area (Å²) in [7, 11) is 0. The summed E-state index contributed by atoms with van der Waals surface area (Å²) >= 11 is 9.91. The Balaban J connectivity index is 1.60. The lowest BCUT2D eigenvalue weighted by atomic mass is 10.1. The molecular weight excluding hydrogens is 481 g/mol. The van der Waals surface area contributed by atoms with Crippen molar-refractivity contribution < 1.29 is 9.13 Å². The maximum Gasteiger partial charge on any atom is 0.152 e. The van der Waals surface area contributed by atoms with E-state index in [2.05, 4.69) is 32.0 Å². The Kier molecular flexibility index (Phi) is 6.08. The molecular formula is C24H16BrClFN3O. The van der Waals surface area contributed by atoms with E-state index in [0.717, 1.165) is 27.7 Å². The first kappa shape index (κ1) is 21.1. The minimum absolute atomic E-state index is 0.246. The highest BCUT2D eigenvalue weighted by Crippen LogP contribution is 2.36. The van der Waals surface area contributed by atoms with Gasteiger partial charge in [0.25, 0.3) is 0 Å². The second-order valence-corrected chi connectivity index (χ2v) is 8.27. The van der Waals surface area contributed by atoms with Crippen molar-refractivity contribution >= 4 is 50.2 Å². The van der Waals surface area contributed by atoms with Crippen LogP contribution in [0.3, 0.4) is 0 Å². The molecule has 4 aromatic rings. The van der Waals surface area contributed by atoms with E-state index >= 15 is 0 Å². The van der Waals surface area contributed by atoms with Crippen LogP contribution in [0.4, 0.5) is 4.39 Å². The molecule has 0 aliphatic heterocycles. The van der Waals surface area contributed by atoms with E-state index in [4.69, 9.17) is 16.3 Å². The molecule has 7 heteroatoms. The summed E-state index contributed by atoms with van der Waals surface area (Å²) in [5, 5.41) is 10.1. The third kappa shape index (κ3) is 4.79. The van der Waals surface area contributed by atoms with Gasteiger partial charge in [-0.05, 0) is 82.0 Å². The number of halogens is 3. The molecule has 0 fully saturated rings. The van der Waals surface area contributed by atoms with Gasteiger partial charge in [-0.25, -0.2) is 9.37 Å². The fourth-order valence-electron chi connectivity index (χ4n) is 3.11. The Morgan fingerprint density at radius 2 is 2.00 bits per heavy atom. The van der Waals surface area contributed by atoms with E-state index < -0.39 is 0 Å². The topological polar surface area (TPSA) is 61.7 Å². The second-order valence-electron chi connectivity index (χ2n) is 7.00. The number of allylic oxidation sites excluding steroid dienone is 1. The van der Waals surface area contributed by atoms with Gasteiger partial charge >= 0.3 is 0 Å². The van der Waals surface area contributed by atoms with Gasteiger partial charge in [0.1, 0.15) is 24.3 Å². The third-order valence-electron chi connectivity index (χ3n) is 4.64. The molecule has 0 saturated carbocycles. The van der Waals surface area contributed by atoms with Gasteiger partial charge in [0.05, 0.1) is 26.1 Å². The van der Waals surface area contributed by atoms with Gasteiger partial charge < -0.3 is 9.72 Å². The fraction of sp³-hybridized carbons (Fsp3) is 0.0833. The molecule has 0 atom stereocenters. The summed E-state index contributed by atoms with van der Waals surface area (Å²) in [6.07, 6.45) is 1.71. The van der Waals surface area contributed by atoms with Crippen molar-refractivity contribution in [3.05, 3.63) is 92.4 Å². The number of fused-ring (bicyclic) bond motifs is 1. The highest BCUT2D eigenvalue weighted by atomic mass is 79.9. The number of hydrogen-bond acceptors (Lipinski definition) is 3. The zero-order chi connectivity index (χ0) is 22.0. The third-order valence-corrected chi connectivity index (χ3v) is 5.51. The minimum atomic E-state index is -0.299. The highest BCUT2D eigenvalue weighted by Gasteiger charge is 2.12. The number of H-pyrrole nitrogens is 1. The lowest BCUT2D eigenvalue weighted by molar-refractivity contribution is 0.304. The second kappa shape index (κ2) is 8.93. The summed E-state index contributed by atoms with van der Waals surface area (Å²) in [5.74, 6) is 0.667. The molecule has 154 valence electrons. The van der Waals surface area contributed by atoms with Gasteiger partial charge in [-0.3, -0.25) is 0 Å². The minimum Gasteiger partial charge on any atom is -0.486 e. The van der Waals surface area contributed by atoms with Crippen molar-refractivity contribution in [2.24, 2.45) is 0 Å². The first-order valence-corrected chi connectivity index (χ1v) is 10.5. The van der Waals surface area contributed by atoms with Crippen LogP contribution in [-0.2, 0) is 6.61 Å². The molecule has 0 bridgehead atoms. The number of hydrogen-bond donors (Lipinski definition) is 1. The van der Waals surface area contributed by atoms with Crippen LogP contribution in [0.25, 0.3) is 22.7 Å². The molecule has 4 rings (SSSR count). The Morgan fingerprint density at radius 3 is 2.71 bits per heavy atom. The number of rotatable bonds is 5. The summed E-state index contributed by atoms with van der Waals surface area (Å²) in [6, 6.07) is 17.7. The normalized spacial score (nSPS) is 11.5. The molecule has 4 nitrogen and oxygen atoms in total. The predicted molar refractivity (Wildman–Crippen MR) is 124 cm³/mol. The molecule has 0 spiro atoms. The summed E-state index contributed by atoms with van der Waals surface area (Å²) in [5.41, 5.74) is 4.71. The number of aryl methyl sites for hydroxylation is 1. The Labute approximate surface area is 192 Å². The average Bonchev–Trinajstić information content (AvgIpc) is 3.15. The van der Waals surface area contributed by atoms with Gasteiger partial charge in [0.15, 0.2) is 5.75 Å². The molecule has 3 aromatic carbocycles. The molecule has 0 radical (unpaired) electrons. The van der Waals surface area contributed by atoms with E-state index in [9.17, 15) is 9.65 Å². The zero-order valence-corrected chi connectivity index (χ0v) is 18.8. The molecule has 0 unspecified atom stereocenters. The number of imidazole rings is 1. The molecule has 0 saturated heterocycles. The Bertz CT molecular complexity index is 1320.